The van der Waals surface area contributed by atoms with E-state index in [4.69, 9.17) is 4.74 Å². The molecule has 0 aliphatic rings. The molecule has 0 saturated carbocycles. The number of carbonyl (C=O) groups excluding carboxylic acids is 2. The van der Waals surface area contributed by atoms with E-state index in [-0.39, 0.29) is 17.5 Å². The van der Waals surface area contributed by atoms with E-state index in [0.29, 0.717) is 25.3 Å². The van der Waals surface area contributed by atoms with Gasteiger partial charge in [0.1, 0.15) is 5.69 Å². The number of nitrogens with one attached hydrogen (secondary N) is 2. The summed E-state index contributed by atoms with van der Waals surface area (Å²) in [4.78, 5) is 29.7. The largest absolute Gasteiger partial charge is 0.383 e. The molecule has 0 unspecified atom stereocenters. The molecule has 0 atom stereocenters. The fourth-order valence-corrected chi connectivity index (χ4v) is 1.55. The van der Waals surface area contributed by atoms with Crippen molar-refractivity contribution in [2.24, 2.45) is 0 Å². The lowest BCUT2D eigenvalue weighted by Gasteiger charge is -2.10. The number of methoxy groups -OCH3 is 1. The summed E-state index contributed by atoms with van der Waals surface area (Å²) in [5.41, 5.74) is 0.631. The molecule has 0 spiro atoms. The first-order valence-electron chi connectivity index (χ1n) is 6.70. The molecule has 21 heavy (non-hydrogen) atoms. The van der Waals surface area contributed by atoms with Crippen LogP contribution in [0.15, 0.2) is 18.3 Å². The smallest absolute Gasteiger partial charge is 0.269 e. The molecule has 0 saturated heterocycles. The lowest BCUT2D eigenvalue weighted by Crippen LogP contribution is -2.32. The monoisotopic (exact) mass is 294 g/mol. The fraction of sp³-hybridized carbons (Fsp3) is 0.500. The van der Waals surface area contributed by atoms with Gasteiger partial charge in [-0.15, -0.1) is 0 Å². The van der Waals surface area contributed by atoms with Crippen molar-refractivity contribution in [1.82, 2.24) is 20.5 Å². The van der Waals surface area contributed by atoms with Crippen LogP contribution in [0.1, 0.15) is 20.8 Å². The molecular formula is C14H22N4O3. The zero-order chi connectivity index (χ0) is 15.7. The normalized spacial score (nSPS) is 10.5. The third kappa shape index (κ3) is 6.33. The number of hydrogen-bond donors (Lipinski definition) is 2. The van der Waals surface area contributed by atoms with Gasteiger partial charge in [0.2, 0.25) is 0 Å². The first-order valence-corrected chi connectivity index (χ1v) is 6.70. The minimum absolute atomic E-state index is 0.230. The molecule has 0 aliphatic heterocycles. The van der Waals surface area contributed by atoms with Crippen molar-refractivity contribution in [2.45, 2.75) is 0 Å². The second-order valence-corrected chi connectivity index (χ2v) is 4.74. The summed E-state index contributed by atoms with van der Waals surface area (Å²) in [6, 6.07) is 3.05. The third-order valence-electron chi connectivity index (χ3n) is 2.69. The van der Waals surface area contributed by atoms with Gasteiger partial charge in [-0.25, -0.2) is 0 Å². The van der Waals surface area contributed by atoms with E-state index in [9.17, 15) is 9.59 Å². The van der Waals surface area contributed by atoms with Crippen LogP contribution in [-0.2, 0) is 4.74 Å². The van der Waals surface area contributed by atoms with E-state index < -0.39 is 0 Å². The molecule has 1 rings (SSSR count). The van der Waals surface area contributed by atoms with E-state index >= 15 is 0 Å². The van der Waals surface area contributed by atoms with Crippen LogP contribution in [0.2, 0.25) is 0 Å². The molecule has 0 bridgehead atoms. The summed E-state index contributed by atoms with van der Waals surface area (Å²) in [5, 5.41) is 5.45. The number of amides is 2. The Kier molecular flexibility index (Phi) is 7.34. The first-order chi connectivity index (χ1) is 10.0. The minimum atomic E-state index is -0.289. The zero-order valence-electron chi connectivity index (χ0n) is 12.7. The Balaban J connectivity index is 2.58. The molecule has 1 aromatic heterocycles. The number of aromatic nitrogens is 1. The van der Waals surface area contributed by atoms with Crippen LogP contribution < -0.4 is 10.6 Å². The molecule has 0 radical (unpaired) electrons. The number of pyridine rings is 1. The van der Waals surface area contributed by atoms with Crippen LogP contribution in [0.3, 0.4) is 0 Å². The van der Waals surface area contributed by atoms with Gasteiger partial charge in [0.25, 0.3) is 11.8 Å². The van der Waals surface area contributed by atoms with Crippen molar-refractivity contribution in [1.29, 1.82) is 0 Å². The van der Waals surface area contributed by atoms with Gasteiger partial charge in [-0.2, -0.15) is 0 Å². The summed E-state index contributed by atoms with van der Waals surface area (Å²) < 4.78 is 4.86. The molecule has 1 aromatic rings. The summed E-state index contributed by atoms with van der Waals surface area (Å²) in [6.45, 7) is 2.12. The van der Waals surface area contributed by atoms with Crippen LogP contribution in [-0.4, -0.2) is 69.1 Å². The molecule has 0 aromatic carbocycles. The Morgan fingerprint density at radius 1 is 1.24 bits per heavy atom. The van der Waals surface area contributed by atoms with Crippen LogP contribution >= 0.6 is 0 Å². The van der Waals surface area contributed by atoms with Crippen molar-refractivity contribution in [3.8, 4) is 0 Å². The summed E-state index contributed by atoms with van der Waals surface area (Å²) in [6.07, 6.45) is 1.45. The first kappa shape index (κ1) is 17.1. The second-order valence-electron chi connectivity index (χ2n) is 4.74. The Morgan fingerprint density at radius 3 is 2.62 bits per heavy atom. The topological polar surface area (TPSA) is 83.6 Å². The maximum absolute atomic E-state index is 11.9. The van der Waals surface area contributed by atoms with Gasteiger partial charge in [0.15, 0.2) is 0 Å². The minimum Gasteiger partial charge on any atom is -0.383 e. The predicted octanol–water partition coefficient (Wildman–Crippen LogP) is -0.251. The van der Waals surface area contributed by atoms with Crippen molar-refractivity contribution < 1.29 is 14.3 Å². The van der Waals surface area contributed by atoms with Crippen molar-refractivity contribution in [3.05, 3.63) is 29.6 Å². The standard InChI is InChI=1S/C14H22N4O3/c1-18(2)8-6-16-14(20)12-10-11(4-5-15-12)13(19)17-7-9-21-3/h4-5,10H,6-9H2,1-3H3,(H,16,20)(H,17,19). The van der Waals surface area contributed by atoms with Crippen LogP contribution in [0.5, 0.6) is 0 Å². The van der Waals surface area contributed by atoms with Gasteiger partial charge in [0, 0.05) is 38.5 Å². The molecule has 7 nitrogen and oxygen atoms in total. The van der Waals surface area contributed by atoms with Crippen LogP contribution in [0.4, 0.5) is 0 Å². The number of likely N-dealkylation sites (N-methyl/N-ethyl adjacent to an activating group) is 1. The molecule has 2 N–H and O–H groups in total. The van der Waals surface area contributed by atoms with Gasteiger partial charge < -0.3 is 20.3 Å². The highest BCUT2D eigenvalue weighted by molar-refractivity contribution is 5.98. The van der Waals surface area contributed by atoms with Gasteiger partial charge in [-0.05, 0) is 26.2 Å². The van der Waals surface area contributed by atoms with E-state index in [0.717, 1.165) is 6.54 Å². The molecule has 7 heteroatoms. The SMILES string of the molecule is COCCNC(=O)c1ccnc(C(=O)NCCN(C)C)c1. The number of rotatable bonds is 8. The van der Waals surface area contributed by atoms with Gasteiger partial charge in [-0.3, -0.25) is 14.6 Å². The van der Waals surface area contributed by atoms with Crippen molar-refractivity contribution in [3.63, 3.8) is 0 Å². The maximum Gasteiger partial charge on any atom is 0.269 e. The second kappa shape index (κ2) is 9.04. The number of ether oxygens (including phenoxy) is 1. The number of hydrogen-bond acceptors (Lipinski definition) is 5. The lowest BCUT2D eigenvalue weighted by molar-refractivity contribution is 0.0937. The van der Waals surface area contributed by atoms with Crippen LogP contribution in [0.25, 0.3) is 0 Å². The summed E-state index contributed by atoms with van der Waals surface area (Å²) in [7, 11) is 5.42. The molecule has 1 heterocycles. The van der Waals surface area contributed by atoms with E-state index in [2.05, 4.69) is 15.6 Å². The van der Waals surface area contributed by atoms with Gasteiger partial charge in [-0.1, -0.05) is 0 Å². The molecule has 0 aliphatic carbocycles. The molecule has 0 fully saturated rings. The quantitative estimate of drug-likeness (QED) is 0.646. The predicted molar refractivity (Wildman–Crippen MR) is 79.3 cm³/mol. The van der Waals surface area contributed by atoms with Crippen molar-refractivity contribution in [2.75, 3.05) is 47.4 Å². The Hall–Kier alpha value is -1.99. The highest BCUT2D eigenvalue weighted by Crippen LogP contribution is 2.02. The van der Waals surface area contributed by atoms with E-state index in [1.807, 2.05) is 19.0 Å². The lowest BCUT2D eigenvalue weighted by atomic mass is 10.2. The maximum atomic E-state index is 11.9. The average molecular weight is 294 g/mol. The summed E-state index contributed by atoms with van der Waals surface area (Å²) >= 11 is 0. The molecule has 116 valence electrons. The number of carbonyl (C=O) groups is 2. The summed E-state index contributed by atoms with van der Waals surface area (Å²) in [5.74, 6) is -0.541. The molecular weight excluding hydrogens is 272 g/mol. The average Bonchev–Trinajstić information content (AvgIpc) is 2.47. The highest BCUT2D eigenvalue weighted by Gasteiger charge is 2.11. The number of nitrogens with zero attached hydrogens (tertiary/aromatic N) is 2. The Bertz CT molecular complexity index is 477. The Labute approximate surface area is 124 Å². The van der Waals surface area contributed by atoms with E-state index in [1.54, 1.807) is 13.2 Å². The van der Waals surface area contributed by atoms with Gasteiger partial charge in [0.05, 0.1) is 6.61 Å². The zero-order valence-corrected chi connectivity index (χ0v) is 12.7. The van der Waals surface area contributed by atoms with E-state index in [1.165, 1.54) is 12.3 Å². The van der Waals surface area contributed by atoms with Crippen LogP contribution in [0, 0.1) is 0 Å². The fourth-order valence-electron chi connectivity index (χ4n) is 1.55. The third-order valence-corrected chi connectivity index (χ3v) is 2.69. The highest BCUT2D eigenvalue weighted by atomic mass is 16.5. The van der Waals surface area contributed by atoms with Crippen molar-refractivity contribution >= 4 is 11.8 Å². The van der Waals surface area contributed by atoms with Gasteiger partial charge >= 0.3 is 0 Å². The molecule has 2 amide bonds. The Morgan fingerprint density at radius 2 is 1.95 bits per heavy atom.